The Morgan fingerprint density at radius 1 is 1.07 bits per heavy atom. The van der Waals surface area contributed by atoms with E-state index in [0.717, 1.165) is 24.7 Å². The maximum absolute atomic E-state index is 13.2. The van der Waals surface area contributed by atoms with Crippen LogP contribution in [0.1, 0.15) is 34.7 Å². The number of anilines is 1. The zero-order valence-electron chi connectivity index (χ0n) is 22.3. The van der Waals surface area contributed by atoms with E-state index >= 15 is 0 Å². The summed E-state index contributed by atoms with van der Waals surface area (Å²) < 4.78 is 56.9. The van der Waals surface area contributed by atoms with Crippen LogP contribution in [0.25, 0.3) is 22.3 Å². The normalized spacial score (nSPS) is 13.2. The highest BCUT2D eigenvalue weighted by molar-refractivity contribution is 7.98. The Balaban J connectivity index is 1.62. The molecule has 1 amide bonds. The Bertz CT molecular complexity index is 1710. The number of ether oxygens (including phenoxy) is 2. The molecule has 1 aliphatic carbocycles. The molecule has 0 spiro atoms. The monoisotopic (exact) mass is 598 g/mol. The van der Waals surface area contributed by atoms with Crippen LogP contribution in [0.2, 0.25) is 0 Å². The van der Waals surface area contributed by atoms with E-state index in [9.17, 15) is 22.4 Å². The Hall–Kier alpha value is -4.03. The SMILES string of the molecule is CSCCN(c1cc2oc(-c3ccc(Oc4ccc(F)cc4)cc3)c(C(=O)OC(N)=O)c2cc1C1CC1)S(C)(=O)=O. The summed E-state index contributed by atoms with van der Waals surface area (Å²) >= 11 is 1.53. The summed E-state index contributed by atoms with van der Waals surface area (Å²) in [5.74, 6) is 0.336. The van der Waals surface area contributed by atoms with Gasteiger partial charge in [0.15, 0.2) is 0 Å². The van der Waals surface area contributed by atoms with Crippen LogP contribution in [-0.2, 0) is 14.8 Å². The number of nitrogens with two attached hydrogens (primary N) is 1. The molecular formula is C29H27FN2O7S2. The predicted molar refractivity (Wildman–Crippen MR) is 156 cm³/mol. The van der Waals surface area contributed by atoms with Gasteiger partial charge in [-0.25, -0.2) is 22.4 Å². The van der Waals surface area contributed by atoms with Crippen molar-refractivity contribution in [1.82, 2.24) is 0 Å². The Labute approximate surface area is 240 Å². The summed E-state index contributed by atoms with van der Waals surface area (Å²) in [5.41, 5.74) is 7.14. The standard InChI is InChI=1S/C29H27FN2O7S2/c1-40-14-13-32(41(2,35)36)24-16-25-23(15-22(24)17-3-4-17)26(28(33)39-29(31)34)27(38-25)18-5-9-20(10-6-18)37-21-11-7-19(30)8-12-21/h5-12,15-17H,3-4,13-14H2,1-2H3,(H2,31,34). The van der Waals surface area contributed by atoms with Crippen LogP contribution in [0.5, 0.6) is 11.5 Å². The van der Waals surface area contributed by atoms with Gasteiger partial charge in [0.05, 0.1) is 11.9 Å². The second-order valence-corrected chi connectivity index (χ2v) is 12.5. The molecule has 1 saturated carbocycles. The van der Waals surface area contributed by atoms with E-state index in [1.165, 1.54) is 40.3 Å². The second-order valence-electron chi connectivity index (χ2n) is 9.60. The number of benzene rings is 3. The van der Waals surface area contributed by atoms with Crippen molar-refractivity contribution >= 4 is 50.5 Å². The Morgan fingerprint density at radius 2 is 1.71 bits per heavy atom. The van der Waals surface area contributed by atoms with E-state index in [1.54, 1.807) is 36.4 Å². The number of primary amides is 1. The molecule has 12 heteroatoms. The molecule has 41 heavy (non-hydrogen) atoms. The molecule has 0 saturated heterocycles. The number of fused-ring (bicyclic) bond motifs is 1. The minimum atomic E-state index is -3.62. The molecule has 0 atom stereocenters. The van der Waals surface area contributed by atoms with E-state index in [0.29, 0.717) is 33.9 Å². The van der Waals surface area contributed by atoms with Crippen molar-refractivity contribution in [2.45, 2.75) is 18.8 Å². The summed E-state index contributed by atoms with van der Waals surface area (Å²) in [5, 5.41) is 0.377. The van der Waals surface area contributed by atoms with Crippen LogP contribution in [0, 0.1) is 5.82 Å². The quantitative estimate of drug-likeness (QED) is 0.167. The molecule has 1 aromatic heterocycles. The zero-order valence-corrected chi connectivity index (χ0v) is 23.9. The maximum Gasteiger partial charge on any atom is 0.412 e. The summed E-state index contributed by atoms with van der Waals surface area (Å²) in [7, 11) is -3.62. The third kappa shape index (κ3) is 6.33. The lowest BCUT2D eigenvalue weighted by Gasteiger charge is -2.25. The van der Waals surface area contributed by atoms with Crippen molar-refractivity contribution in [3.8, 4) is 22.8 Å². The van der Waals surface area contributed by atoms with E-state index < -0.39 is 22.1 Å². The van der Waals surface area contributed by atoms with Crippen LogP contribution >= 0.6 is 11.8 Å². The first-order valence-corrected chi connectivity index (χ1v) is 15.9. The van der Waals surface area contributed by atoms with Gasteiger partial charge in [-0.3, -0.25) is 4.31 Å². The van der Waals surface area contributed by atoms with Crippen molar-refractivity contribution < 1.29 is 36.3 Å². The number of sulfonamides is 1. The summed E-state index contributed by atoms with van der Waals surface area (Å²) in [6.07, 6.45) is 3.54. The zero-order chi connectivity index (χ0) is 29.3. The van der Waals surface area contributed by atoms with Crippen LogP contribution in [0.3, 0.4) is 0 Å². The van der Waals surface area contributed by atoms with Gasteiger partial charge in [-0.2, -0.15) is 11.8 Å². The lowest BCUT2D eigenvalue weighted by molar-refractivity contribution is 0.0640. The highest BCUT2D eigenvalue weighted by atomic mass is 32.2. The number of thioether (sulfide) groups is 1. The fraction of sp³-hybridized carbons (Fsp3) is 0.241. The molecule has 5 rings (SSSR count). The third-order valence-corrected chi connectivity index (χ3v) is 8.36. The van der Waals surface area contributed by atoms with Gasteiger partial charge >= 0.3 is 12.1 Å². The van der Waals surface area contributed by atoms with Crippen molar-refractivity contribution in [3.05, 3.63) is 77.6 Å². The molecule has 1 fully saturated rings. The van der Waals surface area contributed by atoms with Gasteiger partial charge in [0.25, 0.3) is 0 Å². The highest BCUT2D eigenvalue weighted by Gasteiger charge is 2.33. The van der Waals surface area contributed by atoms with E-state index in [2.05, 4.69) is 0 Å². The maximum atomic E-state index is 13.2. The molecule has 0 radical (unpaired) electrons. The molecule has 1 heterocycles. The number of carbonyl (C=O) groups is 2. The third-order valence-electron chi connectivity index (χ3n) is 6.59. The molecule has 4 aromatic rings. The molecule has 1 aliphatic rings. The van der Waals surface area contributed by atoms with Crippen LogP contribution in [0.4, 0.5) is 14.9 Å². The molecule has 3 aromatic carbocycles. The van der Waals surface area contributed by atoms with Crippen molar-refractivity contribution in [2.24, 2.45) is 5.73 Å². The number of furan rings is 1. The Morgan fingerprint density at radius 3 is 2.27 bits per heavy atom. The predicted octanol–water partition coefficient (Wildman–Crippen LogP) is 6.27. The molecule has 214 valence electrons. The fourth-order valence-electron chi connectivity index (χ4n) is 4.59. The van der Waals surface area contributed by atoms with Gasteiger partial charge in [-0.15, -0.1) is 0 Å². The number of amides is 1. The molecule has 9 nitrogen and oxygen atoms in total. The molecule has 0 unspecified atom stereocenters. The van der Waals surface area contributed by atoms with Crippen molar-refractivity contribution in [1.29, 1.82) is 0 Å². The van der Waals surface area contributed by atoms with Gasteiger partial charge in [0.2, 0.25) is 10.0 Å². The average Bonchev–Trinajstić information content (AvgIpc) is 3.69. The Kier molecular flexibility index (Phi) is 7.96. The first kappa shape index (κ1) is 28.5. The van der Waals surface area contributed by atoms with E-state index in [4.69, 9.17) is 19.6 Å². The second kappa shape index (κ2) is 11.5. The number of nitrogens with zero attached hydrogens (tertiary/aromatic N) is 1. The van der Waals surface area contributed by atoms with Crippen LogP contribution < -0.4 is 14.8 Å². The highest BCUT2D eigenvalue weighted by Crippen LogP contribution is 2.48. The molecular weight excluding hydrogens is 571 g/mol. The smallest absolute Gasteiger partial charge is 0.412 e. The number of carbonyl (C=O) groups excluding carboxylic acids is 2. The number of hydrogen-bond donors (Lipinski definition) is 1. The number of esters is 1. The lowest BCUT2D eigenvalue weighted by atomic mass is 10.0. The number of rotatable bonds is 10. The topological polar surface area (TPSA) is 129 Å². The largest absolute Gasteiger partial charge is 0.457 e. The number of hydrogen-bond acceptors (Lipinski definition) is 8. The van der Waals surface area contributed by atoms with Gasteiger partial charge in [0.1, 0.15) is 34.2 Å². The summed E-state index contributed by atoms with van der Waals surface area (Å²) in [4.78, 5) is 24.6. The van der Waals surface area contributed by atoms with Crippen LogP contribution in [-0.4, -0.2) is 45.3 Å². The minimum Gasteiger partial charge on any atom is -0.457 e. The van der Waals surface area contributed by atoms with Gasteiger partial charge in [-0.05, 0) is 85.2 Å². The van der Waals surface area contributed by atoms with Gasteiger partial charge in [0, 0.05) is 29.3 Å². The van der Waals surface area contributed by atoms with Crippen LogP contribution in [0.15, 0.2) is 65.1 Å². The van der Waals surface area contributed by atoms with Gasteiger partial charge in [-0.1, -0.05) is 0 Å². The van der Waals surface area contributed by atoms with Gasteiger partial charge < -0.3 is 19.6 Å². The first-order valence-electron chi connectivity index (χ1n) is 12.7. The minimum absolute atomic E-state index is 0.00512. The lowest BCUT2D eigenvalue weighted by Crippen LogP contribution is -2.32. The first-order chi connectivity index (χ1) is 19.5. The summed E-state index contributed by atoms with van der Waals surface area (Å²) in [6.45, 7) is 0.269. The summed E-state index contributed by atoms with van der Waals surface area (Å²) in [6, 6.07) is 15.5. The molecule has 0 bridgehead atoms. The molecule has 0 aliphatic heterocycles. The van der Waals surface area contributed by atoms with Crippen molar-refractivity contribution in [2.75, 3.05) is 29.1 Å². The average molecular weight is 599 g/mol. The molecule has 2 N–H and O–H groups in total. The van der Waals surface area contributed by atoms with E-state index in [-0.39, 0.29) is 35.2 Å². The fourth-order valence-corrected chi connectivity index (χ4v) is 6.01. The van der Waals surface area contributed by atoms with Crippen molar-refractivity contribution in [3.63, 3.8) is 0 Å². The number of halogens is 1. The van der Waals surface area contributed by atoms with E-state index in [1.807, 2.05) is 6.26 Å².